The lowest BCUT2D eigenvalue weighted by atomic mass is 10.2. The second-order valence-corrected chi connectivity index (χ2v) is 7.34. The van der Waals surface area contributed by atoms with Gasteiger partial charge < -0.3 is 19.7 Å². The van der Waals surface area contributed by atoms with Gasteiger partial charge >= 0.3 is 6.09 Å². The molecule has 0 aromatic heterocycles. The van der Waals surface area contributed by atoms with E-state index in [0.29, 0.717) is 37.7 Å². The van der Waals surface area contributed by atoms with Gasteiger partial charge in [0, 0.05) is 19.2 Å². The molecule has 8 heteroatoms. The first-order valence-corrected chi connectivity index (χ1v) is 10.2. The second-order valence-electron chi connectivity index (χ2n) is 7.34. The Labute approximate surface area is 180 Å². The van der Waals surface area contributed by atoms with Gasteiger partial charge in [0.05, 0.1) is 37.7 Å². The zero-order valence-electron chi connectivity index (χ0n) is 17.0. The van der Waals surface area contributed by atoms with Crippen molar-refractivity contribution in [2.45, 2.75) is 6.10 Å². The Morgan fingerprint density at radius 1 is 1.16 bits per heavy atom. The summed E-state index contributed by atoms with van der Waals surface area (Å²) in [4.78, 5) is 27.6. The van der Waals surface area contributed by atoms with Gasteiger partial charge in [-0.3, -0.25) is 9.69 Å². The van der Waals surface area contributed by atoms with Crippen molar-refractivity contribution in [3.05, 3.63) is 66.0 Å². The molecule has 1 atom stereocenters. The Balaban J connectivity index is 1.32. The van der Waals surface area contributed by atoms with Crippen LogP contribution in [0.15, 0.2) is 54.6 Å². The number of ether oxygens (including phenoxy) is 2. The fourth-order valence-corrected chi connectivity index (χ4v) is 3.57. The van der Waals surface area contributed by atoms with Gasteiger partial charge in [0.15, 0.2) is 0 Å². The van der Waals surface area contributed by atoms with Gasteiger partial charge in [0.1, 0.15) is 11.9 Å². The largest absolute Gasteiger partial charge is 0.442 e. The highest BCUT2D eigenvalue weighted by Crippen LogP contribution is 2.28. The van der Waals surface area contributed by atoms with Crippen molar-refractivity contribution in [3.63, 3.8) is 0 Å². The van der Waals surface area contributed by atoms with Gasteiger partial charge in [0.25, 0.3) is 0 Å². The van der Waals surface area contributed by atoms with Gasteiger partial charge in [-0.25, -0.2) is 9.18 Å². The lowest BCUT2D eigenvalue weighted by Crippen LogP contribution is -2.36. The van der Waals surface area contributed by atoms with E-state index in [-0.39, 0.29) is 19.0 Å². The number of hydrogen-bond acceptors (Lipinski definition) is 5. The van der Waals surface area contributed by atoms with Gasteiger partial charge in [-0.2, -0.15) is 0 Å². The highest BCUT2D eigenvalue weighted by molar-refractivity contribution is 5.92. The maximum Gasteiger partial charge on any atom is 0.414 e. The lowest BCUT2D eigenvalue weighted by Gasteiger charge is -2.29. The van der Waals surface area contributed by atoms with E-state index >= 15 is 0 Å². The van der Waals surface area contributed by atoms with E-state index in [1.54, 1.807) is 18.2 Å². The molecule has 0 bridgehead atoms. The third kappa shape index (κ3) is 5.21. The van der Waals surface area contributed by atoms with Crippen molar-refractivity contribution in [2.24, 2.45) is 0 Å². The van der Waals surface area contributed by atoms with Crippen molar-refractivity contribution in [3.8, 4) is 0 Å². The number of anilines is 2. The van der Waals surface area contributed by atoms with E-state index in [9.17, 15) is 14.0 Å². The van der Waals surface area contributed by atoms with E-state index in [1.165, 1.54) is 17.0 Å². The summed E-state index contributed by atoms with van der Waals surface area (Å²) in [5.74, 6) is -0.672. The summed E-state index contributed by atoms with van der Waals surface area (Å²) >= 11 is 0. The van der Waals surface area contributed by atoms with E-state index in [2.05, 4.69) is 5.32 Å². The standard InChI is InChI=1S/C23H24FN3O4/c24-20-14-18(7-8-21(20)26-10-12-30-13-11-26)27-16-19(31-23(27)29)15-25-22(28)9-6-17-4-2-1-3-5-17/h1-9,14,19H,10-13,15-16H2,(H,25,28)/t19-/m0/s1. The second kappa shape index (κ2) is 9.61. The molecule has 0 radical (unpaired) electrons. The number of nitrogens with one attached hydrogen (secondary N) is 1. The molecule has 2 aliphatic rings. The molecule has 2 heterocycles. The van der Waals surface area contributed by atoms with Crippen LogP contribution in [0.1, 0.15) is 5.56 Å². The molecule has 0 unspecified atom stereocenters. The Kier molecular flexibility index (Phi) is 6.47. The normalized spacial score (nSPS) is 19.0. The third-order valence-electron chi connectivity index (χ3n) is 5.20. The first-order chi connectivity index (χ1) is 15.1. The van der Waals surface area contributed by atoms with Crippen molar-refractivity contribution in [1.29, 1.82) is 0 Å². The number of nitrogens with zero attached hydrogens (tertiary/aromatic N) is 2. The lowest BCUT2D eigenvalue weighted by molar-refractivity contribution is -0.116. The summed E-state index contributed by atoms with van der Waals surface area (Å²) in [5.41, 5.74) is 1.84. The molecule has 162 valence electrons. The predicted octanol–water partition coefficient (Wildman–Crippen LogP) is 2.82. The zero-order valence-corrected chi connectivity index (χ0v) is 17.0. The minimum Gasteiger partial charge on any atom is -0.442 e. The average molecular weight is 425 g/mol. The van der Waals surface area contributed by atoms with Crippen LogP contribution in [0.2, 0.25) is 0 Å². The topological polar surface area (TPSA) is 71.1 Å². The first-order valence-electron chi connectivity index (χ1n) is 10.2. The van der Waals surface area contributed by atoms with Gasteiger partial charge in [-0.15, -0.1) is 0 Å². The van der Waals surface area contributed by atoms with Crippen molar-refractivity contribution in [1.82, 2.24) is 5.32 Å². The van der Waals surface area contributed by atoms with E-state index in [0.717, 1.165) is 5.56 Å². The molecule has 0 spiro atoms. The highest BCUT2D eigenvalue weighted by atomic mass is 19.1. The van der Waals surface area contributed by atoms with Crippen LogP contribution < -0.4 is 15.1 Å². The summed E-state index contributed by atoms with van der Waals surface area (Å²) in [5, 5.41) is 2.73. The van der Waals surface area contributed by atoms with Crippen LogP contribution in [0.25, 0.3) is 6.08 Å². The molecule has 31 heavy (non-hydrogen) atoms. The number of rotatable bonds is 6. The van der Waals surface area contributed by atoms with Crippen LogP contribution in [0, 0.1) is 5.82 Å². The third-order valence-corrected chi connectivity index (χ3v) is 5.20. The number of benzene rings is 2. The molecule has 2 fully saturated rings. The minimum atomic E-state index is -0.558. The molecule has 2 amide bonds. The summed E-state index contributed by atoms with van der Waals surface area (Å²) in [6, 6.07) is 14.2. The first kappa shape index (κ1) is 20.9. The SMILES string of the molecule is O=C(C=Cc1ccccc1)NC[C@H]1CN(c2ccc(N3CCOCC3)c(F)c2)C(=O)O1. The van der Waals surface area contributed by atoms with Crippen LogP contribution in [-0.2, 0) is 14.3 Å². The molecule has 7 nitrogen and oxygen atoms in total. The van der Waals surface area contributed by atoms with E-state index in [1.807, 2.05) is 35.2 Å². The number of halogens is 1. The van der Waals surface area contributed by atoms with Gasteiger partial charge in [-0.1, -0.05) is 30.3 Å². The van der Waals surface area contributed by atoms with Crippen LogP contribution in [-0.4, -0.2) is 57.5 Å². The minimum absolute atomic E-state index is 0.175. The van der Waals surface area contributed by atoms with Crippen molar-refractivity contribution < 1.29 is 23.5 Å². The molecule has 4 rings (SSSR count). The number of carbonyl (C=O) groups excluding carboxylic acids is 2. The van der Waals surface area contributed by atoms with E-state index < -0.39 is 18.0 Å². The van der Waals surface area contributed by atoms with Crippen LogP contribution in [0.5, 0.6) is 0 Å². The van der Waals surface area contributed by atoms with Crippen molar-refractivity contribution >= 4 is 29.5 Å². The van der Waals surface area contributed by atoms with Gasteiger partial charge in [-0.05, 0) is 29.8 Å². The predicted molar refractivity (Wildman–Crippen MR) is 116 cm³/mol. The molecule has 0 aliphatic carbocycles. The fourth-order valence-electron chi connectivity index (χ4n) is 3.57. The van der Waals surface area contributed by atoms with Crippen LogP contribution in [0.3, 0.4) is 0 Å². The Bertz CT molecular complexity index is 961. The summed E-state index contributed by atoms with van der Waals surface area (Å²) in [6.45, 7) is 2.79. The molecule has 1 N–H and O–H groups in total. The maximum absolute atomic E-state index is 14.7. The summed E-state index contributed by atoms with van der Waals surface area (Å²) < 4.78 is 25.3. The molecule has 2 saturated heterocycles. The number of carbonyl (C=O) groups is 2. The number of morpholine rings is 1. The Hall–Kier alpha value is -3.39. The Morgan fingerprint density at radius 3 is 2.68 bits per heavy atom. The summed E-state index contributed by atoms with van der Waals surface area (Å²) in [6.07, 6.45) is 2.08. The smallest absolute Gasteiger partial charge is 0.414 e. The number of hydrogen-bond donors (Lipinski definition) is 1. The van der Waals surface area contributed by atoms with E-state index in [4.69, 9.17) is 9.47 Å². The summed E-state index contributed by atoms with van der Waals surface area (Å²) in [7, 11) is 0. The molecular weight excluding hydrogens is 401 g/mol. The molecular formula is C23H24FN3O4. The highest BCUT2D eigenvalue weighted by Gasteiger charge is 2.33. The van der Waals surface area contributed by atoms with Crippen LogP contribution >= 0.6 is 0 Å². The molecule has 2 aliphatic heterocycles. The number of cyclic esters (lactones) is 1. The zero-order chi connectivity index (χ0) is 21.6. The molecule has 2 aromatic rings. The molecule has 0 saturated carbocycles. The quantitative estimate of drug-likeness (QED) is 0.721. The van der Waals surface area contributed by atoms with Gasteiger partial charge in [0.2, 0.25) is 5.91 Å². The monoisotopic (exact) mass is 425 g/mol. The molecule has 2 aromatic carbocycles. The van der Waals surface area contributed by atoms with Crippen molar-refractivity contribution in [2.75, 3.05) is 49.2 Å². The maximum atomic E-state index is 14.7. The van der Waals surface area contributed by atoms with Crippen LogP contribution in [0.4, 0.5) is 20.6 Å². The number of amides is 2. The average Bonchev–Trinajstić information content (AvgIpc) is 3.18. The fraction of sp³-hybridized carbons (Fsp3) is 0.304. The Morgan fingerprint density at radius 2 is 1.94 bits per heavy atom.